The second-order valence-electron chi connectivity index (χ2n) is 11.9. The van der Waals surface area contributed by atoms with Gasteiger partial charge in [-0.25, -0.2) is 14.6 Å². The number of hydrogen-bond donors (Lipinski definition) is 3. The molecule has 44 heavy (non-hydrogen) atoms. The van der Waals surface area contributed by atoms with Crippen molar-refractivity contribution in [3.05, 3.63) is 95.6 Å². The number of ether oxygens (including phenoxy) is 1. The van der Waals surface area contributed by atoms with Gasteiger partial charge in [0.15, 0.2) is 11.8 Å². The van der Waals surface area contributed by atoms with Gasteiger partial charge in [-0.2, -0.15) is 0 Å². The predicted octanol–water partition coefficient (Wildman–Crippen LogP) is 4.36. The largest absolute Gasteiger partial charge is 0.458 e. The molecule has 0 aromatic heterocycles. The molecule has 1 saturated heterocycles. The van der Waals surface area contributed by atoms with Gasteiger partial charge < -0.3 is 20.7 Å². The highest BCUT2D eigenvalue weighted by molar-refractivity contribution is 6.23. The van der Waals surface area contributed by atoms with Gasteiger partial charge in [0.05, 0.1) is 17.4 Å². The molecule has 2 aliphatic heterocycles. The molecule has 0 radical (unpaired) electrons. The van der Waals surface area contributed by atoms with E-state index in [4.69, 9.17) is 9.73 Å². The molecule has 0 spiro atoms. The second-order valence-corrected chi connectivity index (χ2v) is 11.9. The van der Waals surface area contributed by atoms with Crippen LogP contribution < -0.4 is 20.9 Å². The Labute approximate surface area is 256 Å². The smallest absolute Gasteiger partial charge is 0.337 e. The van der Waals surface area contributed by atoms with Crippen LogP contribution in [0.15, 0.2) is 83.9 Å². The third kappa shape index (κ3) is 6.86. The van der Waals surface area contributed by atoms with E-state index in [9.17, 15) is 19.2 Å². The average molecular weight is 596 g/mol. The number of hydrogen-bond acceptors (Lipinski definition) is 7. The van der Waals surface area contributed by atoms with Gasteiger partial charge in [-0.05, 0) is 70.8 Å². The van der Waals surface area contributed by atoms with E-state index in [1.807, 2.05) is 43.3 Å². The Morgan fingerprint density at radius 1 is 1.00 bits per heavy atom. The highest BCUT2D eigenvalue weighted by Crippen LogP contribution is 2.32. The van der Waals surface area contributed by atoms with Crippen LogP contribution in [-0.4, -0.2) is 59.8 Å². The molecule has 5 rings (SSSR count). The number of benzodiazepines with no additional fused rings is 1. The van der Waals surface area contributed by atoms with Crippen molar-refractivity contribution in [3.63, 3.8) is 0 Å². The van der Waals surface area contributed by atoms with Crippen molar-refractivity contribution in [2.45, 2.75) is 64.4 Å². The number of ketones is 1. The molecule has 2 aliphatic rings. The van der Waals surface area contributed by atoms with Gasteiger partial charge in [-0.15, -0.1) is 0 Å². The number of para-hydroxylation sites is 1. The van der Waals surface area contributed by atoms with E-state index in [0.717, 1.165) is 16.9 Å². The minimum atomic E-state index is -1.62. The molecule has 10 nitrogen and oxygen atoms in total. The molecule has 10 heteroatoms. The molecule has 0 saturated carbocycles. The molecule has 3 atom stereocenters. The Morgan fingerprint density at radius 2 is 1.73 bits per heavy atom. The lowest BCUT2D eigenvalue weighted by atomic mass is 9.97. The maximum Gasteiger partial charge on any atom is 0.337 e. The lowest BCUT2D eigenvalue weighted by molar-refractivity contribution is -0.159. The van der Waals surface area contributed by atoms with Crippen molar-refractivity contribution in [3.8, 4) is 0 Å². The molecule has 1 fully saturated rings. The number of benzene rings is 3. The number of aliphatic imine (C=N–C) groups is 1. The highest BCUT2D eigenvalue weighted by Gasteiger charge is 2.47. The molecule has 228 valence electrons. The molecular weight excluding hydrogens is 558 g/mol. The molecule has 2 unspecified atom stereocenters. The number of fused-ring (bicyclic) bond motifs is 1. The van der Waals surface area contributed by atoms with Crippen molar-refractivity contribution in [2.75, 3.05) is 16.8 Å². The first-order valence-corrected chi connectivity index (χ1v) is 14.7. The number of amides is 3. The standard InChI is InChI=1S/C34H37N5O5/c1-21-12-10-15-23(20-21)36-33(43)38-30-31(41)39(28(32(42)44-34(2,3)4)29(40)25-17-11-19-35-25)26-18-9-8-16-24(26)27(37-30)22-13-6-5-7-14-22/h5-10,12-16,18,20,25,28,30,35H,11,17,19H2,1-4H3,(H2,36,38,43)/t25-,28?,30?/m1/s1. The van der Waals surface area contributed by atoms with Crippen LogP contribution in [0.2, 0.25) is 0 Å². The maximum absolute atomic E-state index is 14.6. The lowest BCUT2D eigenvalue weighted by Gasteiger charge is -2.34. The summed E-state index contributed by atoms with van der Waals surface area (Å²) in [6.07, 6.45) is -0.197. The van der Waals surface area contributed by atoms with E-state index in [1.54, 1.807) is 63.2 Å². The summed E-state index contributed by atoms with van der Waals surface area (Å²) >= 11 is 0. The van der Waals surface area contributed by atoms with E-state index >= 15 is 0 Å². The highest BCUT2D eigenvalue weighted by atomic mass is 16.6. The quantitative estimate of drug-likeness (QED) is 0.275. The third-order valence-electron chi connectivity index (χ3n) is 7.30. The molecule has 3 amide bonds. The molecule has 2 heterocycles. The fourth-order valence-electron chi connectivity index (χ4n) is 5.41. The van der Waals surface area contributed by atoms with Crippen molar-refractivity contribution < 1.29 is 23.9 Å². The first-order chi connectivity index (χ1) is 21.0. The van der Waals surface area contributed by atoms with Crippen molar-refractivity contribution in [2.24, 2.45) is 4.99 Å². The Kier molecular flexibility index (Phi) is 8.91. The summed E-state index contributed by atoms with van der Waals surface area (Å²) in [6.45, 7) is 7.63. The molecule has 0 aliphatic carbocycles. The fraction of sp³-hybridized carbons (Fsp3) is 0.324. The molecule has 3 N–H and O–H groups in total. The molecule has 3 aromatic rings. The first kappa shape index (κ1) is 30.6. The van der Waals surface area contributed by atoms with Crippen LogP contribution >= 0.6 is 0 Å². The number of aryl methyl sites for hydroxylation is 1. The number of esters is 1. The summed E-state index contributed by atoms with van der Waals surface area (Å²) < 4.78 is 5.74. The summed E-state index contributed by atoms with van der Waals surface area (Å²) in [5.74, 6) is -2.08. The first-order valence-electron chi connectivity index (χ1n) is 14.7. The van der Waals surface area contributed by atoms with Crippen LogP contribution in [0.4, 0.5) is 16.2 Å². The van der Waals surface area contributed by atoms with Crippen LogP contribution in [0.25, 0.3) is 0 Å². The number of nitrogens with zero attached hydrogens (tertiary/aromatic N) is 2. The van der Waals surface area contributed by atoms with Gasteiger partial charge in [-0.3, -0.25) is 14.5 Å². The number of urea groups is 1. The average Bonchev–Trinajstić information content (AvgIpc) is 3.49. The number of carbonyl (C=O) groups is 4. The van der Waals surface area contributed by atoms with Crippen LogP contribution in [0.5, 0.6) is 0 Å². The van der Waals surface area contributed by atoms with Gasteiger partial charge in [0, 0.05) is 16.8 Å². The Bertz CT molecular complexity index is 1590. The monoisotopic (exact) mass is 595 g/mol. The molecule has 3 aromatic carbocycles. The summed E-state index contributed by atoms with van der Waals surface area (Å²) in [5.41, 5.74) is 2.50. The number of nitrogens with one attached hydrogen (secondary N) is 3. The molecule has 0 bridgehead atoms. The zero-order valence-corrected chi connectivity index (χ0v) is 25.3. The fourth-order valence-corrected chi connectivity index (χ4v) is 5.41. The van der Waals surface area contributed by atoms with Crippen LogP contribution in [0, 0.1) is 6.92 Å². The summed E-state index contributed by atoms with van der Waals surface area (Å²) in [4.78, 5) is 61.7. The van der Waals surface area contributed by atoms with E-state index in [1.165, 1.54) is 0 Å². The van der Waals surface area contributed by atoms with Gasteiger partial charge in [0.2, 0.25) is 6.17 Å². The van der Waals surface area contributed by atoms with Gasteiger partial charge in [0.25, 0.3) is 5.91 Å². The summed E-state index contributed by atoms with van der Waals surface area (Å²) in [7, 11) is 0. The number of anilines is 2. The minimum absolute atomic E-state index is 0.311. The van der Waals surface area contributed by atoms with Crippen molar-refractivity contribution in [1.29, 1.82) is 0 Å². The Morgan fingerprint density at radius 3 is 2.41 bits per heavy atom. The number of carbonyl (C=O) groups excluding carboxylic acids is 4. The normalized spacial score (nSPS) is 18.9. The van der Waals surface area contributed by atoms with Crippen molar-refractivity contribution in [1.82, 2.24) is 10.6 Å². The lowest BCUT2D eigenvalue weighted by Crippen LogP contribution is -2.60. The minimum Gasteiger partial charge on any atom is -0.458 e. The van der Waals surface area contributed by atoms with Gasteiger partial charge >= 0.3 is 12.0 Å². The van der Waals surface area contributed by atoms with E-state index < -0.39 is 47.5 Å². The third-order valence-corrected chi connectivity index (χ3v) is 7.30. The topological polar surface area (TPSA) is 129 Å². The van der Waals surface area contributed by atoms with E-state index in [0.29, 0.717) is 41.2 Å². The zero-order valence-electron chi connectivity index (χ0n) is 25.3. The summed E-state index contributed by atoms with van der Waals surface area (Å²) in [5, 5.41) is 8.59. The van der Waals surface area contributed by atoms with Crippen molar-refractivity contribution >= 4 is 40.8 Å². The zero-order chi connectivity index (χ0) is 31.4. The number of rotatable bonds is 7. The SMILES string of the molecule is Cc1cccc(NC(=O)NC2N=C(c3ccccc3)c3ccccc3N(C(C(=O)OC(C)(C)C)C(=O)[C@H]3CCCN3)C2=O)c1. The van der Waals surface area contributed by atoms with Crippen LogP contribution in [-0.2, 0) is 19.1 Å². The van der Waals surface area contributed by atoms with Gasteiger partial charge in [-0.1, -0.05) is 60.7 Å². The Hall–Kier alpha value is -4.83. The van der Waals surface area contributed by atoms with Crippen LogP contribution in [0.1, 0.15) is 50.3 Å². The molecular formula is C34H37N5O5. The number of Topliss-reactive ketones (excluding diaryl/α,β-unsaturated/α-hetero) is 1. The van der Waals surface area contributed by atoms with Gasteiger partial charge in [0.1, 0.15) is 5.60 Å². The summed E-state index contributed by atoms with van der Waals surface area (Å²) in [6, 6.07) is 20.5. The maximum atomic E-state index is 14.6. The van der Waals surface area contributed by atoms with E-state index in [-0.39, 0.29) is 0 Å². The predicted molar refractivity (Wildman–Crippen MR) is 169 cm³/mol. The second kappa shape index (κ2) is 12.8. The van der Waals surface area contributed by atoms with Crippen LogP contribution in [0.3, 0.4) is 0 Å². The van der Waals surface area contributed by atoms with E-state index in [2.05, 4.69) is 16.0 Å². The Balaban J connectivity index is 1.63.